The third-order valence-corrected chi connectivity index (χ3v) is 2.98. The second-order valence-corrected chi connectivity index (χ2v) is 4.97. The van der Waals surface area contributed by atoms with Crippen molar-refractivity contribution < 1.29 is 48.7 Å². The lowest BCUT2D eigenvalue weighted by Gasteiger charge is -2.37. The van der Waals surface area contributed by atoms with Crippen LogP contribution in [0.5, 0.6) is 0 Å². The Bertz CT molecular complexity index is 631. The number of nitrogens with zero attached hydrogens (tertiary/aromatic N) is 1. The largest absolute Gasteiger partial charge is 0.393 e. The van der Waals surface area contributed by atoms with Crippen LogP contribution in [0.3, 0.4) is 0 Å². The molecule has 0 spiro atoms. The zero-order valence-corrected chi connectivity index (χ0v) is 12.1. The van der Waals surface area contributed by atoms with E-state index in [2.05, 4.69) is 16.6 Å². The van der Waals surface area contributed by atoms with E-state index in [1.807, 2.05) is 0 Å². The SMILES string of the molecule is O=C(Nc1cccnc1)C(F)(F)C(F)(F)C(F)(F)C(F)(F)C(F)(F)Cl. The van der Waals surface area contributed by atoms with Crippen molar-refractivity contribution in [3.63, 3.8) is 0 Å². The van der Waals surface area contributed by atoms with Crippen molar-refractivity contribution in [2.45, 2.75) is 29.1 Å². The van der Waals surface area contributed by atoms with Crippen molar-refractivity contribution in [3.05, 3.63) is 24.5 Å². The van der Waals surface area contributed by atoms with Crippen LogP contribution in [0, 0.1) is 0 Å². The Labute approximate surface area is 137 Å². The van der Waals surface area contributed by atoms with Crippen LogP contribution >= 0.6 is 11.6 Å². The van der Waals surface area contributed by atoms with E-state index in [0.29, 0.717) is 6.20 Å². The molecule has 0 aliphatic rings. The Hall–Kier alpha value is -1.79. The van der Waals surface area contributed by atoms with Gasteiger partial charge in [-0.25, -0.2) is 0 Å². The average Bonchev–Trinajstić information content (AvgIpc) is 2.46. The van der Waals surface area contributed by atoms with Gasteiger partial charge in [-0.3, -0.25) is 9.78 Å². The van der Waals surface area contributed by atoms with E-state index in [-0.39, 0.29) is 0 Å². The lowest BCUT2D eigenvalue weighted by molar-refractivity contribution is -0.381. The molecule has 1 N–H and O–H groups in total. The van der Waals surface area contributed by atoms with Gasteiger partial charge in [0.15, 0.2) is 0 Å². The molecule has 0 unspecified atom stereocenters. The summed E-state index contributed by atoms with van der Waals surface area (Å²) in [5.74, 6) is -31.4. The first-order valence-electron chi connectivity index (χ1n) is 5.79. The second kappa shape index (κ2) is 6.18. The van der Waals surface area contributed by atoms with Gasteiger partial charge in [0.1, 0.15) is 0 Å². The fraction of sp³-hybridized carbons (Fsp3) is 0.455. The summed E-state index contributed by atoms with van der Waals surface area (Å²) in [5.41, 5.74) is -0.680. The maximum Gasteiger partial charge on any atom is 0.393 e. The minimum atomic E-state index is -7.39. The van der Waals surface area contributed by atoms with Crippen LogP contribution < -0.4 is 5.32 Å². The number of carbonyl (C=O) groups is 1. The zero-order chi connectivity index (χ0) is 19.9. The number of carbonyl (C=O) groups excluding carboxylic acids is 1. The summed E-state index contributed by atoms with van der Waals surface area (Å²) in [6.07, 6.45) is 1.69. The number of hydrogen-bond acceptors (Lipinski definition) is 2. The lowest BCUT2D eigenvalue weighted by atomic mass is 9.98. The van der Waals surface area contributed by atoms with E-state index in [1.54, 1.807) is 0 Å². The number of pyridine rings is 1. The van der Waals surface area contributed by atoms with Crippen molar-refractivity contribution in [3.8, 4) is 0 Å². The molecule has 25 heavy (non-hydrogen) atoms. The molecule has 0 aromatic carbocycles. The fourth-order valence-corrected chi connectivity index (χ4v) is 1.48. The van der Waals surface area contributed by atoms with Gasteiger partial charge in [-0.05, 0) is 23.7 Å². The minimum absolute atomic E-state index is 0.631. The molecule has 0 aliphatic heterocycles. The molecule has 1 heterocycles. The van der Waals surface area contributed by atoms with Crippen LogP contribution in [-0.2, 0) is 4.79 Å². The van der Waals surface area contributed by atoms with Gasteiger partial charge >= 0.3 is 35.0 Å². The standard InChI is InChI=1S/C11H5ClF10N2O/c12-11(21,22)10(19,20)9(17,18)8(15,16)7(13,14)6(25)24-5-2-1-3-23-4-5/h1-4H,(H,24,25). The molecule has 142 valence electrons. The monoisotopic (exact) mass is 406 g/mol. The third kappa shape index (κ3) is 3.33. The van der Waals surface area contributed by atoms with E-state index >= 15 is 0 Å². The molecule has 0 aliphatic carbocycles. The number of amides is 1. The molecule has 1 aromatic rings. The number of hydrogen-bond donors (Lipinski definition) is 1. The van der Waals surface area contributed by atoms with E-state index in [4.69, 9.17) is 0 Å². The second-order valence-electron chi connectivity index (χ2n) is 4.49. The Balaban J connectivity index is 3.27. The van der Waals surface area contributed by atoms with Gasteiger partial charge in [-0.1, -0.05) is 0 Å². The molecule has 14 heteroatoms. The highest BCUT2D eigenvalue weighted by Crippen LogP contribution is 2.58. The van der Waals surface area contributed by atoms with Crippen LogP contribution in [0.4, 0.5) is 49.6 Å². The first-order valence-corrected chi connectivity index (χ1v) is 6.17. The van der Waals surface area contributed by atoms with E-state index in [0.717, 1.165) is 23.6 Å². The smallest absolute Gasteiger partial charge is 0.319 e. The van der Waals surface area contributed by atoms with Crippen LogP contribution in [-0.4, -0.2) is 40.0 Å². The Kier molecular flexibility index (Phi) is 5.25. The molecule has 0 bridgehead atoms. The topological polar surface area (TPSA) is 42.0 Å². The van der Waals surface area contributed by atoms with Crippen molar-refractivity contribution >= 4 is 23.2 Å². The summed E-state index contributed by atoms with van der Waals surface area (Å²) >= 11 is 3.62. The highest BCUT2D eigenvalue weighted by molar-refractivity contribution is 6.22. The van der Waals surface area contributed by atoms with Crippen LogP contribution in [0.2, 0.25) is 0 Å². The summed E-state index contributed by atoms with van der Waals surface area (Å²) < 4.78 is 130. The van der Waals surface area contributed by atoms with E-state index in [1.165, 1.54) is 0 Å². The first kappa shape index (κ1) is 21.3. The van der Waals surface area contributed by atoms with Gasteiger partial charge in [-0.2, -0.15) is 43.9 Å². The maximum absolute atomic E-state index is 13.4. The molecule has 0 saturated heterocycles. The highest BCUT2D eigenvalue weighted by atomic mass is 35.5. The van der Waals surface area contributed by atoms with Crippen molar-refractivity contribution in [2.24, 2.45) is 0 Å². The van der Waals surface area contributed by atoms with Crippen LogP contribution in [0.15, 0.2) is 24.5 Å². The number of halogens is 11. The summed E-state index contributed by atoms with van der Waals surface area (Å²) in [5, 5.41) is -5.29. The molecule has 0 saturated carbocycles. The van der Waals surface area contributed by atoms with Gasteiger partial charge in [0, 0.05) is 6.20 Å². The van der Waals surface area contributed by atoms with Crippen molar-refractivity contribution in [1.82, 2.24) is 4.98 Å². The molecule has 1 amide bonds. The number of alkyl halides is 11. The molecule has 0 atom stereocenters. The maximum atomic E-state index is 13.4. The summed E-state index contributed by atoms with van der Waals surface area (Å²) in [4.78, 5) is 14.4. The summed E-state index contributed by atoms with van der Waals surface area (Å²) in [6, 6.07) is 1.83. The van der Waals surface area contributed by atoms with Crippen molar-refractivity contribution in [2.75, 3.05) is 5.32 Å². The number of aromatic nitrogens is 1. The number of rotatable bonds is 6. The van der Waals surface area contributed by atoms with Gasteiger partial charge < -0.3 is 5.32 Å². The molecule has 3 nitrogen and oxygen atoms in total. The predicted octanol–water partition coefficient (Wildman–Crippen LogP) is 4.39. The molecule has 1 rings (SSSR count). The fourth-order valence-electron chi connectivity index (χ4n) is 1.36. The zero-order valence-electron chi connectivity index (χ0n) is 11.3. The summed E-state index contributed by atoms with van der Waals surface area (Å²) in [7, 11) is 0. The molecular formula is C11H5ClF10N2O. The van der Waals surface area contributed by atoms with Gasteiger partial charge in [-0.15, -0.1) is 0 Å². The summed E-state index contributed by atoms with van der Waals surface area (Å²) in [6.45, 7) is 0. The molecule has 1 aromatic heterocycles. The Morgan fingerprint density at radius 2 is 1.44 bits per heavy atom. The first-order chi connectivity index (χ1) is 11.0. The van der Waals surface area contributed by atoms with Crippen LogP contribution in [0.25, 0.3) is 0 Å². The molecule has 0 radical (unpaired) electrons. The highest BCUT2D eigenvalue weighted by Gasteiger charge is 2.87. The van der Waals surface area contributed by atoms with Crippen LogP contribution in [0.1, 0.15) is 0 Å². The molecular weight excluding hydrogens is 402 g/mol. The van der Waals surface area contributed by atoms with Gasteiger partial charge in [0.2, 0.25) is 0 Å². The normalized spacial score (nSPS) is 14.4. The molecule has 0 fully saturated rings. The van der Waals surface area contributed by atoms with E-state index in [9.17, 15) is 48.7 Å². The average molecular weight is 407 g/mol. The Morgan fingerprint density at radius 1 is 0.920 bits per heavy atom. The third-order valence-electron chi connectivity index (χ3n) is 2.74. The minimum Gasteiger partial charge on any atom is -0.319 e. The lowest BCUT2D eigenvalue weighted by Crippen LogP contribution is -2.68. The quantitative estimate of drug-likeness (QED) is 0.562. The van der Waals surface area contributed by atoms with Crippen molar-refractivity contribution in [1.29, 1.82) is 0 Å². The van der Waals surface area contributed by atoms with E-state index < -0.39 is 40.7 Å². The van der Waals surface area contributed by atoms with Gasteiger partial charge in [0.25, 0.3) is 0 Å². The number of nitrogens with one attached hydrogen (secondary N) is 1. The number of anilines is 1. The van der Waals surface area contributed by atoms with Gasteiger partial charge in [0.05, 0.1) is 11.9 Å². The Morgan fingerprint density at radius 3 is 1.84 bits per heavy atom. The predicted molar refractivity (Wildman–Crippen MR) is 63.5 cm³/mol.